The van der Waals surface area contributed by atoms with Crippen LogP contribution in [0.5, 0.6) is 0 Å². The molecular weight excluding hydrogens is 266 g/mol. The van der Waals surface area contributed by atoms with Crippen LogP contribution in [0.1, 0.15) is 49.9 Å². The van der Waals surface area contributed by atoms with E-state index in [1.165, 1.54) is 0 Å². The van der Waals surface area contributed by atoms with Crippen molar-refractivity contribution in [3.63, 3.8) is 0 Å². The van der Waals surface area contributed by atoms with Gasteiger partial charge in [-0.15, -0.1) is 0 Å². The fourth-order valence-corrected chi connectivity index (χ4v) is 2.98. The minimum Gasteiger partial charge on any atom is -0.370 e. The third-order valence-corrected chi connectivity index (χ3v) is 4.28. The van der Waals surface area contributed by atoms with Gasteiger partial charge in [-0.25, -0.2) is 9.97 Å². The number of amides is 1. The van der Waals surface area contributed by atoms with Gasteiger partial charge in [0, 0.05) is 24.6 Å². The molecule has 0 radical (unpaired) electrons. The highest BCUT2D eigenvalue weighted by Gasteiger charge is 2.34. The highest BCUT2D eigenvalue weighted by atomic mass is 16.1. The van der Waals surface area contributed by atoms with E-state index in [0.29, 0.717) is 5.92 Å². The van der Waals surface area contributed by atoms with E-state index in [4.69, 9.17) is 10.7 Å². The summed E-state index contributed by atoms with van der Waals surface area (Å²) in [7, 11) is 0. The number of rotatable bonds is 5. The lowest BCUT2D eigenvalue weighted by molar-refractivity contribution is -0.119. The number of aromatic nitrogens is 2. The van der Waals surface area contributed by atoms with Crippen molar-refractivity contribution in [2.75, 3.05) is 23.3 Å². The molecule has 2 aliphatic rings. The average molecular weight is 289 g/mol. The minimum absolute atomic E-state index is 0.236. The fraction of sp³-hybridized carbons (Fsp3) is 0.667. The Labute approximate surface area is 125 Å². The summed E-state index contributed by atoms with van der Waals surface area (Å²) in [6, 6.07) is -0.236. The quantitative estimate of drug-likeness (QED) is 0.859. The van der Waals surface area contributed by atoms with Crippen LogP contribution in [0.25, 0.3) is 0 Å². The first-order chi connectivity index (χ1) is 10.1. The summed E-state index contributed by atoms with van der Waals surface area (Å²) in [5.74, 6) is 2.89. The molecule has 0 aromatic carbocycles. The Morgan fingerprint density at radius 2 is 2.14 bits per heavy atom. The third kappa shape index (κ3) is 2.66. The van der Waals surface area contributed by atoms with Gasteiger partial charge in [-0.2, -0.15) is 0 Å². The molecule has 0 bridgehead atoms. The summed E-state index contributed by atoms with van der Waals surface area (Å²) in [4.78, 5) is 23.1. The van der Waals surface area contributed by atoms with Crippen molar-refractivity contribution < 1.29 is 4.79 Å². The summed E-state index contributed by atoms with van der Waals surface area (Å²) in [6.07, 6.45) is 4.11. The highest BCUT2D eigenvalue weighted by molar-refractivity contribution is 5.84. The molecule has 2 heterocycles. The minimum atomic E-state index is -0.261. The number of nitrogens with one attached hydrogen (secondary N) is 1. The van der Waals surface area contributed by atoms with Gasteiger partial charge in [-0.1, -0.05) is 0 Å². The summed E-state index contributed by atoms with van der Waals surface area (Å²) in [5.41, 5.74) is 6.55. The molecule has 3 rings (SSSR count). The summed E-state index contributed by atoms with van der Waals surface area (Å²) < 4.78 is 0. The lowest BCUT2D eigenvalue weighted by atomic mass is 10.2. The van der Waals surface area contributed by atoms with Gasteiger partial charge in [0.2, 0.25) is 5.91 Å². The zero-order chi connectivity index (χ0) is 15.0. The van der Waals surface area contributed by atoms with Crippen LogP contribution in [-0.4, -0.2) is 35.0 Å². The molecule has 0 spiro atoms. The Hall–Kier alpha value is -1.85. The molecule has 1 aromatic heterocycles. The van der Waals surface area contributed by atoms with Crippen molar-refractivity contribution >= 4 is 17.5 Å². The molecule has 114 valence electrons. The van der Waals surface area contributed by atoms with Crippen molar-refractivity contribution in [3.8, 4) is 0 Å². The van der Waals surface area contributed by atoms with Gasteiger partial charge >= 0.3 is 0 Å². The number of anilines is 2. The number of hydrogen-bond acceptors (Lipinski definition) is 5. The Balaban J connectivity index is 2.01. The first kappa shape index (κ1) is 14.1. The smallest absolute Gasteiger partial charge is 0.240 e. The van der Waals surface area contributed by atoms with E-state index in [-0.39, 0.29) is 11.9 Å². The van der Waals surface area contributed by atoms with Crippen molar-refractivity contribution in [2.45, 2.75) is 51.5 Å². The number of nitrogens with zero attached hydrogens (tertiary/aromatic N) is 3. The highest BCUT2D eigenvalue weighted by Crippen LogP contribution is 2.40. The van der Waals surface area contributed by atoms with Crippen molar-refractivity contribution in [3.05, 3.63) is 11.4 Å². The van der Waals surface area contributed by atoms with Crippen LogP contribution >= 0.6 is 0 Å². The third-order valence-electron chi connectivity index (χ3n) is 4.28. The van der Waals surface area contributed by atoms with Crippen LogP contribution < -0.4 is 16.0 Å². The van der Waals surface area contributed by atoms with Crippen LogP contribution in [-0.2, 0) is 4.79 Å². The Kier molecular flexibility index (Phi) is 3.69. The van der Waals surface area contributed by atoms with Crippen LogP contribution in [0.3, 0.4) is 0 Å². The van der Waals surface area contributed by atoms with E-state index in [2.05, 4.69) is 22.1 Å². The van der Waals surface area contributed by atoms with Gasteiger partial charge in [0.25, 0.3) is 0 Å². The Morgan fingerprint density at radius 1 is 1.38 bits per heavy atom. The lowest BCUT2D eigenvalue weighted by Gasteiger charge is -2.26. The molecule has 1 saturated carbocycles. The molecule has 1 atom stereocenters. The van der Waals surface area contributed by atoms with Gasteiger partial charge in [0.1, 0.15) is 23.5 Å². The molecule has 1 saturated heterocycles. The molecule has 1 amide bonds. The first-order valence-electron chi connectivity index (χ1n) is 7.80. The van der Waals surface area contributed by atoms with Crippen LogP contribution in [0.2, 0.25) is 0 Å². The second-order valence-corrected chi connectivity index (χ2v) is 5.94. The monoisotopic (exact) mass is 289 g/mol. The summed E-state index contributed by atoms with van der Waals surface area (Å²) >= 11 is 0. The summed E-state index contributed by atoms with van der Waals surface area (Å²) in [5, 5.41) is 3.31. The number of carbonyl (C=O) groups excluding carboxylic acids is 1. The second kappa shape index (κ2) is 5.50. The van der Waals surface area contributed by atoms with Gasteiger partial charge in [-0.05, 0) is 39.5 Å². The number of carbonyl (C=O) groups is 1. The Bertz CT molecular complexity index is 555. The normalized spacial score (nSPS) is 21.6. The molecular formula is C15H23N5O. The van der Waals surface area contributed by atoms with Crippen molar-refractivity contribution in [2.24, 2.45) is 5.73 Å². The molecule has 2 fully saturated rings. The molecule has 6 nitrogen and oxygen atoms in total. The maximum Gasteiger partial charge on any atom is 0.240 e. The predicted molar refractivity (Wildman–Crippen MR) is 82.5 cm³/mol. The first-order valence-corrected chi connectivity index (χ1v) is 7.80. The average Bonchev–Trinajstić information content (AvgIpc) is 3.18. The van der Waals surface area contributed by atoms with E-state index in [0.717, 1.165) is 61.8 Å². The second-order valence-electron chi connectivity index (χ2n) is 5.94. The van der Waals surface area contributed by atoms with Gasteiger partial charge in [-0.3, -0.25) is 4.79 Å². The number of nitrogens with two attached hydrogens (primary N) is 1. The fourth-order valence-electron chi connectivity index (χ4n) is 2.98. The van der Waals surface area contributed by atoms with Gasteiger partial charge in [0.05, 0.1) is 0 Å². The molecule has 1 aromatic rings. The zero-order valence-electron chi connectivity index (χ0n) is 12.7. The standard InChI is InChI=1S/C15H23N5O/c1-3-17-13-9(2)15(19-14(18-13)10-6-7-10)20-8-4-5-11(20)12(16)21/h10-11H,3-8H2,1-2H3,(H2,16,21)(H,17,18,19). The largest absolute Gasteiger partial charge is 0.370 e. The van der Waals surface area contributed by atoms with Crippen LogP contribution in [0.15, 0.2) is 0 Å². The van der Waals surface area contributed by atoms with E-state index in [9.17, 15) is 4.79 Å². The van der Waals surface area contributed by atoms with Crippen molar-refractivity contribution in [1.29, 1.82) is 0 Å². The van der Waals surface area contributed by atoms with E-state index >= 15 is 0 Å². The molecule has 21 heavy (non-hydrogen) atoms. The zero-order valence-corrected chi connectivity index (χ0v) is 12.7. The molecule has 6 heteroatoms. The maximum absolute atomic E-state index is 11.7. The summed E-state index contributed by atoms with van der Waals surface area (Å²) in [6.45, 7) is 5.72. The SMILES string of the molecule is CCNc1nc(C2CC2)nc(N2CCCC2C(N)=O)c1C. The lowest BCUT2D eigenvalue weighted by Crippen LogP contribution is -2.41. The Morgan fingerprint density at radius 3 is 2.76 bits per heavy atom. The predicted octanol–water partition coefficient (Wildman–Crippen LogP) is 1.55. The van der Waals surface area contributed by atoms with E-state index in [1.807, 2.05) is 6.92 Å². The van der Waals surface area contributed by atoms with Gasteiger partial charge < -0.3 is 16.0 Å². The number of primary amides is 1. The molecule has 1 aliphatic carbocycles. The van der Waals surface area contributed by atoms with E-state index in [1.54, 1.807) is 0 Å². The topological polar surface area (TPSA) is 84.1 Å². The molecule has 1 unspecified atom stereocenters. The van der Waals surface area contributed by atoms with E-state index < -0.39 is 0 Å². The molecule has 1 aliphatic heterocycles. The van der Waals surface area contributed by atoms with Crippen LogP contribution in [0, 0.1) is 6.92 Å². The van der Waals surface area contributed by atoms with Crippen LogP contribution in [0.4, 0.5) is 11.6 Å². The molecule has 3 N–H and O–H groups in total. The van der Waals surface area contributed by atoms with Gasteiger partial charge in [0.15, 0.2) is 0 Å². The van der Waals surface area contributed by atoms with Crippen molar-refractivity contribution in [1.82, 2.24) is 9.97 Å². The maximum atomic E-state index is 11.7. The number of hydrogen-bond donors (Lipinski definition) is 2.